The van der Waals surface area contributed by atoms with Crippen LogP contribution in [0.2, 0.25) is 0 Å². The predicted molar refractivity (Wildman–Crippen MR) is 245 cm³/mol. The van der Waals surface area contributed by atoms with E-state index in [-0.39, 0.29) is 0 Å². The Bertz CT molecular complexity index is 3510. The summed E-state index contributed by atoms with van der Waals surface area (Å²) >= 11 is 0. The Balaban J connectivity index is 1.02. The van der Waals surface area contributed by atoms with Crippen molar-refractivity contribution in [2.24, 2.45) is 0 Å². The maximum absolute atomic E-state index is 6.49. The summed E-state index contributed by atoms with van der Waals surface area (Å²) in [6.07, 6.45) is 0. The average Bonchev–Trinajstić information content (AvgIpc) is 3.84. The van der Waals surface area contributed by atoms with Crippen LogP contribution < -0.4 is 0 Å². The van der Waals surface area contributed by atoms with Gasteiger partial charge in [-0.2, -0.15) is 0 Å². The van der Waals surface area contributed by atoms with Crippen molar-refractivity contribution in [3.05, 3.63) is 212 Å². The van der Waals surface area contributed by atoms with Crippen LogP contribution in [-0.4, -0.2) is 4.57 Å². The molecule has 2 aromatic heterocycles. The highest BCUT2D eigenvalue weighted by Crippen LogP contribution is 2.46. The molecule has 58 heavy (non-hydrogen) atoms. The van der Waals surface area contributed by atoms with Gasteiger partial charge in [-0.1, -0.05) is 164 Å². The molecule has 0 aliphatic carbocycles. The minimum absolute atomic E-state index is 0.911. The van der Waals surface area contributed by atoms with Gasteiger partial charge in [0, 0.05) is 32.8 Å². The molecule has 0 aliphatic heterocycles. The monoisotopic (exact) mass is 737 g/mol. The predicted octanol–water partition coefficient (Wildman–Crippen LogP) is 15.7. The lowest BCUT2D eigenvalue weighted by atomic mass is 9.85. The van der Waals surface area contributed by atoms with Crippen LogP contribution in [0.1, 0.15) is 0 Å². The molecule has 0 aliphatic rings. The topological polar surface area (TPSA) is 18.1 Å². The highest BCUT2D eigenvalue weighted by molar-refractivity contribution is 6.22. The number of fused-ring (bicyclic) bond motifs is 8. The van der Waals surface area contributed by atoms with Crippen molar-refractivity contribution < 1.29 is 4.42 Å². The molecule has 2 nitrogen and oxygen atoms in total. The molecule has 0 saturated carbocycles. The maximum Gasteiger partial charge on any atom is 0.143 e. The Morgan fingerprint density at radius 2 is 0.793 bits per heavy atom. The number of rotatable bonds is 5. The van der Waals surface area contributed by atoms with E-state index < -0.39 is 0 Å². The van der Waals surface area contributed by atoms with Crippen molar-refractivity contribution in [1.29, 1.82) is 0 Å². The van der Waals surface area contributed by atoms with Gasteiger partial charge < -0.3 is 8.98 Å². The van der Waals surface area contributed by atoms with Crippen LogP contribution in [0.5, 0.6) is 0 Å². The average molecular weight is 738 g/mol. The lowest BCUT2D eigenvalue weighted by Crippen LogP contribution is -1.93. The third-order valence-corrected chi connectivity index (χ3v) is 12.0. The summed E-state index contributed by atoms with van der Waals surface area (Å²) in [6, 6.07) is 77.0. The van der Waals surface area contributed by atoms with Crippen molar-refractivity contribution in [2.45, 2.75) is 0 Å². The van der Waals surface area contributed by atoms with Crippen LogP contribution in [0.25, 0.3) is 115 Å². The highest BCUT2D eigenvalue weighted by Gasteiger charge is 2.19. The van der Waals surface area contributed by atoms with Crippen molar-refractivity contribution >= 4 is 65.3 Å². The molecule has 0 N–H and O–H groups in total. The molecule has 0 bridgehead atoms. The molecule has 0 amide bonds. The zero-order valence-corrected chi connectivity index (χ0v) is 31.6. The first-order valence-corrected chi connectivity index (χ1v) is 19.9. The molecule has 2 heteroatoms. The van der Waals surface area contributed by atoms with Gasteiger partial charge in [0.05, 0.1) is 11.0 Å². The van der Waals surface area contributed by atoms with Gasteiger partial charge in [0.25, 0.3) is 0 Å². The molecule has 0 fully saturated rings. The Morgan fingerprint density at radius 1 is 0.293 bits per heavy atom. The molecule has 270 valence electrons. The first-order valence-electron chi connectivity index (χ1n) is 19.9. The second kappa shape index (κ2) is 12.9. The summed E-state index contributed by atoms with van der Waals surface area (Å²) in [5.41, 5.74) is 14.9. The quantitative estimate of drug-likeness (QED) is 0.161. The zero-order chi connectivity index (χ0) is 38.2. The normalized spacial score (nSPS) is 11.8. The number of hydrogen-bond acceptors (Lipinski definition) is 1. The number of nitrogens with zero attached hydrogens (tertiary/aromatic N) is 1. The zero-order valence-electron chi connectivity index (χ0n) is 31.6. The first kappa shape index (κ1) is 32.6. The van der Waals surface area contributed by atoms with Gasteiger partial charge >= 0.3 is 0 Å². The summed E-state index contributed by atoms with van der Waals surface area (Å²) < 4.78 is 8.86. The van der Waals surface area contributed by atoms with E-state index in [4.69, 9.17) is 4.42 Å². The summed E-state index contributed by atoms with van der Waals surface area (Å²) in [5.74, 6) is 0. The van der Waals surface area contributed by atoms with Gasteiger partial charge in [-0.3, -0.25) is 0 Å². The fourth-order valence-electron chi connectivity index (χ4n) is 9.43. The van der Waals surface area contributed by atoms with Gasteiger partial charge in [-0.05, 0) is 109 Å². The second-order valence-electron chi connectivity index (χ2n) is 15.2. The summed E-state index contributed by atoms with van der Waals surface area (Å²) in [6.45, 7) is 0. The third kappa shape index (κ3) is 4.99. The fourth-order valence-corrected chi connectivity index (χ4v) is 9.43. The summed E-state index contributed by atoms with van der Waals surface area (Å²) in [7, 11) is 0. The van der Waals surface area contributed by atoms with Gasteiger partial charge in [0.2, 0.25) is 0 Å². The number of para-hydroxylation sites is 4. The number of aromatic nitrogens is 1. The van der Waals surface area contributed by atoms with Crippen LogP contribution in [0.4, 0.5) is 0 Å². The second-order valence-corrected chi connectivity index (χ2v) is 15.2. The Hall–Kier alpha value is -7.68. The van der Waals surface area contributed by atoms with Crippen LogP contribution >= 0.6 is 0 Å². The van der Waals surface area contributed by atoms with Gasteiger partial charge in [0.1, 0.15) is 11.2 Å². The Kier molecular flexibility index (Phi) is 7.26. The van der Waals surface area contributed by atoms with Gasteiger partial charge in [-0.25, -0.2) is 0 Å². The van der Waals surface area contributed by atoms with Crippen LogP contribution in [0, 0.1) is 0 Å². The van der Waals surface area contributed by atoms with E-state index in [1.165, 1.54) is 82.4 Å². The molecule has 12 rings (SSSR count). The van der Waals surface area contributed by atoms with E-state index in [1.807, 2.05) is 6.07 Å². The molecule has 10 aromatic carbocycles. The molecule has 0 atom stereocenters. The summed E-state index contributed by atoms with van der Waals surface area (Å²) in [5, 5.41) is 9.72. The molecule has 0 unspecified atom stereocenters. The van der Waals surface area contributed by atoms with Crippen LogP contribution in [0.3, 0.4) is 0 Å². The van der Waals surface area contributed by atoms with E-state index in [0.29, 0.717) is 0 Å². The molecule has 0 saturated heterocycles. The van der Waals surface area contributed by atoms with Crippen molar-refractivity contribution in [2.75, 3.05) is 0 Å². The van der Waals surface area contributed by atoms with Crippen LogP contribution in [-0.2, 0) is 0 Å². The molecule has 0 radical (unpaired) electrons. The van der Waals surface area contributed by atoms with Gasteiger partial charge in [-0.15, -0.1) is 0 Å². The molecular weight excluding hydrogens is 703 g/mol. The first-order chi connectivity index (χ1) is 28.8. The lowest BCUT2D eigenvalue weighted by molar-refractivity contribution is 0.670. The summed E-state index contributed by atoms with van der Waals surface area (Å²) in [4.78, 5) is 0. The molecular formula is C56H35NO. The number of benzene rings is 10. The minimum Gasteiger partial charge on any atom is -0.455 e. The third-order valence-electron chi connectivity index (χ3n) is 12.0. The van der Waals surface area contributed by atoms with E-state index in [0.717, 1.165) is 33.1 Å². The van der Waals surface area contributed by atoms with E-state index >= 15 is 0 Å². The van der Waals surface area contributed by atoms with Crippen molar-refractivity contribution in [1.82, 2.24) is 4.57 Å². The SMILES string of the molecule is c1ccc(-n2c3ccccc3c3cc(-c4cccc(-c5c6ccccc6c(-c6cccc(-c7cccc8c7oc7ccccc78)c6)c6ccccc56)c4)ccc32)cc1. The Labute approximate surface area is 335 Å². The van der Waals surface area contributed by atoms with E-state index in [9.17, 15) is 0 Å². The van der Waals surface area contributed by atoms with Crippen LogP contribution in [0.15, 0.2) is 217 Å². The number of furan rings is 1. The maximum atomic E-state index is 6.49. The minimum atomic E-state index is 0.911. The van der Waals surface area contributed by atoms with Crippen molar-refractivity contribution in [3.63, 3.8) is 0 Å². The molecule has 0 spiro atoms. The van der Waals surface area contributed by atoms with E-state index in [1.54, 1.807) is 0 Å². The standard InChI is InChI=1S/C56H35NO/c1-2-19-41(20-3-1)57-51-29-10-8-21-43(51)50-35-37(31-32-52(50)57)36-15-12-17-39(33-36)54-45-23-4-6-25-47(45)55(48-26-7-5-24-46(48)54)40-18-13-16-38(34-40)42-27-14-28-49-44-22-9-11-30-53(44)58-56(42)49/h1-35H. The lowest BCUT2D eigenvalue weighted by Gasteiger charge is -2.18. The molecule has 12 aromatic rings. The smallest absolute Gasteiger partial charge is 0.143 e. The Morgan fingerprint density at radius 3 is 1.50 bits per heavy atom. The van der Waals surface area contributed by atoms with Gasteiger partial charge in [0.15, 0.2) is 0 Å². The largest absolute Gasteiger partial charge is 0.455 e. The van der Waals surface area contributed by atoms with Crippen molar-refractivity contribution in [3.8, 4) is 50.2 Å². The molecule has 2 heterocycles. The number of hydrogen-bond donors (Lipinski definition) is 0. The fraction of sp³-hybridized carbons (Fsp3) is 0. The highest BCUT2D eigenvalue weighted by atomic mass is 16.3. The van der Waals surface area contributed by atoms with E-state index in [2.05, 4.69) is 211 Å².